The summed E-state index contributed by atoms with van der Waals surface area (Å²) in [6.45, 7) is 0. The summed E-state index contributed by atoms with van der Waals surface area (Å²) in [7, 11) is 0. The number of pyridine rings is 1. The molecule has 2 aromatic carbocycles. The molecule has 5 aromatic rings. The van der Waals surface area contributed by atoms with Crippen molar-refractivity contribution in [3.63, 3.8) is 0 Å². The molecule has 4 heterocycles. The summed E-state index contributed by atoms with van der Waals surface area (Å²) in [5.41, 5.74) is 6.26. The molecule has 1 saturated carbocycles. The number of aromatic nitrogens is 3. The molecule has 1 fully saturated rings. The van der Waals surface area contributed by atoms with Gasteiger partial charge in [-0.1, -0.05) is 42.5 Å². The minimum atomic E-state index is -0.986. The van der Waals surface area contributed by atoms with Gasteiger partial charge in [-0.15, -0.1) is 11.3 Å². The first-order valence-electron chi connectivity index (χ1n) is 12.2. The van der Waals surface area contributed by atoms with Crippen molar-refractivity contribution in [2.45, 2.75) is 24.8 Å². The van der Waals surface area contributed by atoms with E-state index in [0.717, 1.165) is 75.2 Å². The Morgan fingerprint density at radius 2 is 1.86 bits per heavy atom. The molecule has 0 bridgehead atoms. The standard InChI is InChI=1S/C29H23N5O2S/c35-28(36)33-29(14-5-15-29)19-12-10-18(11-13-19)25-24(23-9-4-17-37-23)32-27-20-6-1-2-7-21(20)31-26-22(34(25)27)8-3-16-30-26/h1-4,6-13,16-17,33H,5,14-15H2,(H,30,31)(H,35,36). The number of nitrogens with zero attached hydrogens (tertiary/aromatic N) is 3. The van der Waals surface area contributed by atoms with Crippen LogP contribution in [0.4, 0.5) is 16.3 Å². The van der Waals surface area contributed by atoms with Crippen LogP contribution in [0.15, 0.2) is 84.4 Å². The Bertz CT molecular complexity index is 1640. The van der Waals surface area contributed by atoms with E-state index in [-0.39, 0.29) is 0 Å². The van der Waals surface area contributed by atoms with E-state index in [1.54, 1.807) is 17.5 Å². The van der Waals surface area contributed by atoms with Gasteiger partial charge in [-0.05, 0) is 60.5 Å². The predicted molar refractivity (Wildman–Crippen MR) is 146 cm³/mol. The van der Waals surface area contributed by atoms with Crippen LogP contribution in [0.5, 0.6) is 0 Å². The summed E-state index contributed by atoms with van der Waals surface area (Å²) < 4.78 is 2.19. The number of para-hydroxylation sites is 1. The summed E-state index contributed by atoms with van der Waals surface area (Å²) in [4.78, 5) is 22.4. The minimum Gasteiger partial charge on any atom is -0.465 e. The molecule has 1 amide bonds. The van der Waals surface area contributed by atoms with Gasteiger partial charge in [0, 0.05) is 17.3 Å². The quantitative estimate of drug-likeness (QED) is 0.239. The molecule has 7 nitrogen and oxygen atoms in total. The van der Waals surface area contributed by atoms with E-state index in [2.05, 4.69) is 68.0 Å². The van der Waals surface area contributed by atoms with Crippen LogP contribution in [0.3, 0.4) is 0 Å². The summed E-state index contributed by atoms with van der Waals surface area (Å²) in [5.74, 6) is 1.61. The van der Waals surface area contributed by atoms with Crippen molar-refractivity contribution in [1.29, 1.82) is 0 Å². The number of imidazole rings is 1. The number of carbonyl (C=O) groups is 1. The van der Waals surface area contributed by atoms with E-state index in [1.165, 1.54) is 0 Å². The average molecular weight is 506 g/mol. The highest BCUT2D eigenvalue weighted by Gasteiger charge is 2.40. The highest BCUT2D eigenvalue weighted by atomic mass is 32.1. The molecule has 0 radical (unpaired) electrons. The molecule has 8 heteroatoms. The monoisotopic (exact) mass is 505 g/mol. The lowest BCUT2D eigenvalue weighted by molar-refractivity contribution is 0.144. The molecule has 0 atom stereocenters. The van der Waals surface area contributed by atoms with Crippen LogP contribution in [-0.4, -0.2) is 25.7 Å². The number of rotatable bonds is 4. The van der Waals surface area contributed by atoms with Gasteiger partial charge in [-0.25, -0.2) is 14.8 Å². The third kappa shape index (κ3) is 3.44. The van der Waals surface area contributed by atoms with Gasteiger partial charge in [0.2, 0.25) is 0 Å². The van der Waals surface area contributed by atoms with Gasteiger partial charge in [-0.3, -0.25) is 4.57 Å². The molecule has 2 aliphatic rings. The van der Waals surface area contributed by atoms with E-state index in [9.17, 15) is 9.90 Å². The van der Waals surface area contributed by atoms with E-state index in [4.69, 9.17) is 4.98 Å². The number of amides is 1. The number of thiophene rings is 1. The van der Waals surface area contributed by atoms with E-state index < -0.39 is 11.6 Å². The predicted octanol–water partition coefficient (Wildman–Crippen LogP) is 7.03. The average Bonchev–Trinajstić information content (AvgIpc) is 3.53. The van der Waals surface area contributed by atoms with Gasteiger partial charge < -0.3 is 15.7 Å². The molecule has 3 N–H and O–H groups in total. The third-order valence-corrected chi connectivity index (χ3v) is 8.22. The van der Waals surface area contributed by atoms with Gasteiger partial charge in [0.15, 0.2) is 5.82 Å². The highest BCUT2D eigenvalue weighted by molar-refractivity contribution is 7.13. The number of carboxylic acid groups (broad SMARTS) is 1. The Morgan fingerprint density at radius 3 is 2.59 bits per heavy atom. The lowest BCUT2D eigenvalue weighted by Gasteiger charge is -2.42. The zero-order valence-corrected chi connectivity index (χ0v) is 20.6. The number of anilines is 2. The van der Waals surface area contributed by atoms with Crippen LogP contribution >= 0.6 is 11.3 Å². The zero-order valence-electron chi connectivity index (χ0n) is 19.8. The van der Waals surface area contributed by atoms with E-state index >= 15 is 0 Å². The molecule has 182 valence electrons. The van der Waals surface area contributed by atoms with E-state index in [1.807, 2.05) is 30.3 Å². The lowest BCUT2D eigenvalue weighted by atomic mass is 9.72. The Morgan fingerprint density at radius 1 is 1.03 bits per heavy atom. The normalized spacial score (nSPS) is 14.8. The van der Waals surface area contributed by atoms with Crippen LogP contribution in [0.2, 0.25) is 0 Å². The topological polar surface area (TPSA) is 92.1 Å². The Labute approximate surface area is 217 Å². The Hall–Kier alpha value is -4.43. The number of nitrogens with one attached hydrogen (secondary N) is 2. The second-order valence-corrected chi connectivity index (χ2v) is 10.4. The fraction of sp³-hybridized carbons (Fsp3) is 0.138. The SMILES string of the molecule is O=C(O)NC1(c2ccc(-c3c(-c4cccs4)nc4n3-c3cccnc3Nc3ccccc3-4)cc2)CCC1. The molecule has 0 unspecified atom stereocenters. The van der Waals surface area contributed by atoms with Crippen molar-refractivity contribution in [2.75, 3.05) is 5.32 Å². The van der Waals surface area contributed by atoms with Crippen LogP contribution < -0.4 is 10.6 Å². The van der Waals surface area contributed by atoms with Crippen molar-refractivity contribution in [1.82, 2.24) is 19.9 Å². The second-order valence-electron chi connectivity index (χ2n) is 9.43. The molecule has 1 aliphatic carbocycles. The van der Waals surface area contributed by atoms with Crippen LogP contribution in [0, 0.1) is 0 Å². The number of hydrogen-bond acceptors (Lipinski definition) is 5. The zero-order chi connectivity index (χ0) is 25.0. The van der Waals surface area contributed by atoms with Crippen molar-refractivity contribution in [3.8, 4) is 38.9 Å². The maximum Gasteiger partial charge on any atom is 0.405 e. The fourth-order valence-corrected chi connectivity index (χ4v) is 6.16. The first-order chi connectivity index (χ1) is 18.1. The lowest BCUT2D eigenvalue weighted by Crippen LogP contribution is -2.50. The van der Waals surface area contributed by atoms with Crippen molar-refractivity contribution < 1.29 is 9.90 Å². The van der Waals surface area contributed by atoms with Crippen LogP contribution in [0.1, 0.15) is 24.8 Å². The van der Waals surface area contributed by atoms with Gasteiger partial charge in [0.25, 0.3) is 0 Å². The molecule has 37 heavy (non-hydrogen) atoms. The smallest absolute Gasteiger partial charge is 0.405 e. The molecular formula is C29H23N5O2S. The molecule has 0 spiro atoms. The minimum absolute atomic E-state index is 0.505. The molecule has 0 saturated heterocycles. The highest BCUT2D eigenvalue weighted by Crippen LogP contribution is 2.46. The molecule has 7 rings (SSSR count). The van der Waals surface area contributed by atoms with Gasteiger partial charge >= 0.3 is 6.09 Å². The number of hydrogen-bond donors (Lipinski definition) is 3. The van der Waals surface area contributed by atoms with E-state index in [0.29, 0.717) is 0 Å². The first kappa shape index (κ1) is 21.8. The maximum absolute atomic E-state index is 11.5. The first-order valence-corrected chi connectivity index (χ1v) is 13.1. The third-order valence-electron chi connectivity index (χ3n) is 7.34. The number of benzene rings is 2. The fourth-order valence-electron chi connectivity index (χ4n) is 5.44. The maximum atomic E-state index is 11.5. The summed E-state index contributed by atoms with van der Waals surface area (Å²) in [6.07, 6.45) is 3.43. The number of fused-ring (bicyclic) bond motifs is 5. The largest absolute Gasteiger partial charge is 0.465 e. The second kappa shape index (κ2) is 8.31. The summed E-state index contributed by atoms with van der Waals surface area (Å²) >= 11 is 1.66. The van der Waals surface area contributed by atoms with Crippen LogP contribution in [0.25, 0.3) is 38.9 Å². The van der Waals surface area contributed by atoms with Crippen LogP contribution in [-0.2, 0) is 5.54 Å². The molecule has 3 aromatic heterocycles. The summed E-state index contributed by atoms with van der Waals surface area (Å²) in [5, 5.41) is 17.7. The molecule has 1 aliphatic heterocycles. The van der Waals surface area contributed by atoms with Crippen molar-refractivity contribution >= 4 is 28.9 Å². The molecular weight excluding hydrogens is 482 g/mol. The van der Waals surface area contributed by atoms with Gasteiger partial charge in [-0.2, -0.15) is 0 Å². The van der Waals surface area contributed by atoms with Crippen molar-refractivity contribution in [3.05, 3.63) is 89.9 Å². The summed E-state index contributed by atoms with van der Waals surface area (Å²) in [6, 6.07) is 24.6. The Kier molecular flexibility index (Phi) is 4.90. The Balaban J connectivity index is 1.47. The van der Waals surface area contributed by atoms with Gasteiger partial charge in [0.05, 0.1) is 27.5 Å². The van der Waals surface area contributed by atoms with Crippen molar-refractivity contribution in [2.24, 2.45) is 0 Å². The van der Waals surface area contributed by atoms with Gasteiger partial charge in [0.1, 0.15) is 11.5 Å².